The van der Waals surface area contributed by atoms with Crippen molar-refractivity contribution in [2.45, 2.75) is 19.9 Å². The van der Waals surface area contributed by atoms with Crippen LogP contribution in [-0.4, -0.2) is 34.5 Å². The Hall–Kier alpha value is -1.30. The molecular weight excluding hydrogens is 238 g/mol. The number of hydrogen-bond acceptors (Lipinski definition) is 5. The Morgan fingerprint density at radius 3 is 2.76 bits per heavy atom. The molecule has 0 bridgehead atoms. The minimum atomic E-state index is -0.437. The van der Waals surface area contributed by atoms with Crippen molar-refractivity contribution >= 4 is 23.3 Å². The number of nitro groups is 1. The molecule has 0 N–H and O–H groups in total. The SMILES string of the molecule is CCSC[C@@H](C)N(C)c1ccc([N+](=O)[O-])cn1. The van der Waals surface area contributed by atoms with Gasteiger partial charge in [-0.05, 0) is 18.7 Å². The summed E-state index contributed by atoms with van der Waals surface area (Å²) in [4.78, 5) is 16.2. The second-order valence-corrected chi connectivity index (χ2v) is 5.07. The molecule has 5 nitrogen and oxygen atoms in total. The molecule has 1 rings (SSSR count). The molecule has 0 saturated carbocycles. The van der Waals surface area contributed by atoms with Crippen molar-refractivity contribution < 1.29 is 4.92 Å². The first kappa shape index (κ1) is 13.8. The molecule has 0 aliphatic carbocycles. The quantitative estimate of drug-likeness (QED) is 0.577. The van der Waals surface area contributed by atoms with E-state index in [2.05, 4.69) is 18.8 Å². The summed E-state index contributed by atoms with van der Waals surface area (Å²) in [7, 11) is 1.95. The fraction of sp³-hybridized carbons (Fsp3) is 0.545. The number of pyridine rings is 1. The molecule has 0 saturated heterocycles. The van der Waals surface area contributed by atoms with Gasteiger partial charge in [0, 0.05) is 24.9 Å². The molecule has 0 radical (unpaired) electrons. The molecule has 0 unspecified atom stereocenters. The Kier molecular flexibility index (Phi) is 5.21. The predicted molar refractivity (Wildman–Crippen MR) is 71.8 cm³/mol. The van der Waals surface area contributed by atoms with Crippen LogP contribution in [0.2, 0.25) is 0 Å². The van der Waals surface area contributed by atoms with E-state index in [4.69, 9.17) is 0 Å². The predicted octanol–water partition coefficient (Wildman–Crippen LogP) is 2.57. The Morgan fingerprint density at radius 2 is 2.29 bits per heavy atom. The van der Waals surface area contributed by atoms with Crippen LogP contribution in [0.4, 0.5) is 11.5 Å². The summed E-state index contributed by atoms with van der Waals surface area (Å²) < 4.78 is 0. The maximum absolute atomic E-state index is 10.5. The maximum atomic E-state index is 10.5. The van der Waals surface area contributed by atoms with E-state index in [0.29, 0.717) is 6.04 Å². The third-order valence-electron chi connectivity index (χ3n) is 2.53. The summed E-state index contributed by atoms with van der Waals surface area (Å²) in [5.74, 6) is 2.87. The number of aromatic nitrogens is 1. The van der Waals surface area contributed by atoms with Gasteiger partial charge in [-0.25, -0.2) is 4.98 Å². The topological polar surface area (TPSA) is 59.3 Å². The van der Waals surface area contributed by atoms with Crippen LogP contribution in [0, 0.1) is 10.1 Å². The molecule has 1 atom stereocenters. The lowest BCUT2D eigenvalue weighted by Gasteiger charge is -2.25. The summed E-state index contributed by atoms with van der Waals surface area (Å²) in [5.41, 5.74) is 0.0257. The van der Waals surface area contributed by atoms with Gasteiger partial charge in [0.05, 0.1) is 4.92 Å². The Labute approximate surface area is 105 Å². The normalized spacial score (nSPS) is 12.2. The molecule has 94 valence electrons. The van der Waals surface area contributed by atoms with E-state index in [1.165, 1.54) is 12.3 Å². The lowest BCUT2D eigenvalue weighted by atomic mass is 10.3. The third-order valence-corrected chi connectivity index (χ3v) is 3.66. The van der Waals surface area contributed by atoms with Crippen LogP contribution in [0.3, 0.4) is 0 Å². The first-order valence-corrected chi connectivity index (χ1v) is 6.62. The van der Waals surface area contributed by atoms with Crippen LogP contribution in [-0.2, 0) is 0 Å². The van der Waals surface area contributed by atoms with Gasteiger partial charge in [0.2, 0.25) is 0 Å². The van der Waals surface area contributed by atoms with E-state index in [1.807, 2.05) is 23.7 Å². The van der Waals surface area contributed by atoms with Gasteiger partial charge in [0.25, 0.3) is 5.69 Å². The smallest absolute Gasteiger partial charge is 0.287 e. The van der Waals surface area contributed by atoms with Crippen LogP contribution >= 0.6 is 11.8 Å². The Morgan fingerprint density at radius 1 is 1.59 bits per heavy atom. The van der Waals surface area contributed by atoms with Gasteiger partial charge < -0.3 is 4.90 Å². The standard InChI is InChI=1S/C11H17N3O2S/c1-4-17-8-9(2)13(3)11-6-5-10(7-12-11)14(15)16/h5-7,9H,4,8H2,1-3H3/t9-/m1/s1. The third kappa shape index (κ3) is 3.89. The van der Waals surface area contributed by atoms with Gasteiger partial charge in [-0.3, -0.25) is 10.1 Å². The van der Waals surface area contributed by atoms with Gasteiger partial charge in [0.15, 0.2) is 0 Å². The highest BCUT2D eigenvalue weighted by Gasteiger charge is 2.12. The van der Waals surface area contributed by atoms with Crippen molar-refractivity contribution in [3.63, 3.8) is 0 Å². The van der Waals surface area contributed by atoms with Crippen LogP contribution in [0.25, 0.3) is 0 Å². The molecule has 1 aromatic rings. The van der Waals surface area contributed by atoms with Crippen molar-refractivity contribution in [1.82, 2.24) is 4.98 Å². The largest absolute Gasteiger partial charge is 0.356 e. The van der Waals surface area contributed by atoms with Crippen LogP contribution in [0.5, 0.6) is 0 Å². The van der Waals surface area contributed by atoms with Crippen molar-refractivity contribution in [2.75, 3.05) is 23.5 Å². The minimum Gasteiger partial charge on any atom is -0.356 e. The zero-order chi connectivity index (χ0) is 12.8. The van der Waals surface area contributed by atoms with Crippen LogP contribution in [0.15, 0.2) is 18.3 Å². The molecule has 1 heterocycles. The zero-order valence-electron chi connectivity index (χ0n) is 10.3. The van der Waals surface area contributed by atoms with Gasteiger partial charge in [-0.15, -0.1) is 0 Å². The highest BCUT2D eigenvalue weighted by Crippen LogP contribution is 2.17. The lowest BCUT2D eigenvalue weighted by molar-refractivity contribution is -0.385. The van der Waals surface area contributed by atoms with E-state index in [9.17, 15) is 10.1 Å². The maximum Gasteiger partial charge on any atom is 0.287 e. The van der Waals surface area contributed by atoms with E-state index >= 15 is 0 Å². The molecule has 17 heavy (non-hydrogen) atoms. The average molecular weight is 255 g/mol. The number of thioether (sulfide) groups is 1. The Balaban J connectivity index is 2.68. The highest BCUT2D eigenvalue weighted by molar-refractivity contribution is 7.99. The molecule has 6 heteroatoms. The molecule has 0 aliphatic heterocycles. The summed E-state index contributed by atoms with van der Waals surface area (Å²) in [6.07, 6.45) is 1.30. The zero-order valence-corrected chi connectivity index (χ0v) is 11.1. The average Bonchev–Trinajstić information content (AvgIpc) is 2.35. The van der Waals surface area contributed by atoms with Crippen molar-refractivity contribution in [2.24, 2.45) is 0 Å². The first-order valence-electron chi connectivity index (χ1n) is 5.47. The monoisotopic (exact) mass is 255 g/mol. The summed E-state index contributed by atoms with van der Waals surface area (Å²) in [6, 6.07) is 3.53. The fourth-order valence-corrected chi connectivity index (χ4v) is 2.12. The molecule has 0 spiro atoms. The number of hydrogen-bond donors (Lipinski definition) is 0. The first-order chi connectivity index (χ1) is 8.06. The molecule has 0 amide bonds. The lowest BCUT2D eigenvalue weighted by Crippen LogP contribution is -2.31. The Bertz CT molecular complexity index is 369. The van der Waals surface area contributed by atoms with Gasteiger partial charge >= 0.3 is 0 Å². The van der Waals surface area contributed by atoms with Crippen LogP contribution < -0.4 is 4.90 Å². The van der Waals surface area contributed by atoms with Gasteiger partial charge in [-0.2, -0.15) is 11.8 Å². The molecule has 0 aromatic carbocycles. The van der Waals surface area contributed by atoms with Crippen molar-refractivity contribution in [3.05, 3.63) is 28.4 Å². The summed E-state index contributed by atoms with van der Waals surface area (Å²) >= 11 is 1.87. The summed E-state index contributed by atoms with van der Waals surface area (Å²) in [6.45, 7) is 4.24. The van der Waals surface area contributed by atoms with E-state index < -0.39 is 4.92 Å². The molecule has 0 fully saturated rings. The van der Waals surface area contributed by atoms with Crippen molar-refractivity contribution in [1.29, 1.82) is 0 Å². The number of nitrogens with zero attached hydrogens (tertiary/aromatic N) is 3. The van der Waals surface area contributed by atoms with Crippen LogP contribution in [0.1, 0.15) is 13.8 Å². The second-order valence-electron chi connectivity index (χ2n) is 3.75. The van der Waals surface area contributed by atoms with Crippen molar-refractivity contribution in [3.8, 4) is 0 Å². The van der Waals surface area contributed by atoms with E-state index in [1.54, 1.807) is 6.07 Å². The van der Waals surface area contributed by atoms with E-state index in [0.717, 1.165) is 17.3 Å². The number of anilines is 1. The van der Waals surface area contributed by atoms with Gasteiger partial charge in [0.1, 0.15) is 12.0 Å². The fourth-order valence-electron chi connectivity index (χ4n) is 1.32. The molecule has 1 aromatic heterocycles. The number of rotatable bonds is 6. The molecule has 0 aliphatic rings. The minimum absolute atomic E-state index is 0.0257. The highest BCUT2D eigenvalue weighted by atomic mass is 32.2. The van der Waals surface area contributed by atoms with Gasteiger partial charge in [-0.1, -0.05) is 6.92 Å². The summed E-state index contributed by atoms with van der Waals surface area (Å²) in [5, 5.41) is 10.5. The second kappa shape index (κ2) is 6.44. The van der Waals surface area contributed by atoms with E-state index in [-0.39, 0.29) is 5.69 Å². The molecular formula is C11H17N3O2S.